The summed E-state index contributed by atoms with van der Waals surface area (Å²) in [5, 5.41) is 6.40. The molecule has 0 radical (unpaired) electrons. The van der Waals surface area contributed by atoms with Crippen molar-refractivity contribution in [2.45, 2.75) is 45.2 Å². The maximum absolute atomic E-state index is 12.5. The maximum Gasteiger partial charge on any atom is 0.511 e. The molecule has 2 N–H and O–H groups in total. The number of guanidine groups is 1. The van der Waals surface area contributed by atoms with E-state index in [1.54, 1.807) is 7.05 Å². The molecule has 1 saturated heterocycles. The van der Waals surface area contributed by atoms with Crippen molar-refractivity contribution in [3.63, 3.8) is 0 Å². The molecule has 6 nitrogen and oxygen atoms in total. The number of alkyl halides is 3. The fraction of sp³-hybridized carbons (Fsp3) is 0.929. The first-order valence-corrected chi connectivity index (χ1v) is 9.46. The molecule has 0 saturated carbocycles. The van der Waals surface area contributed by atoms with Gasteiger partial charge in [-0.25, -0.2) is 8.42 Å². The molecule has 1 fully saturated rings. The van der Waals surface area contributed by atoms with Crippen LogP contribution in [0.5, 0.6) is 0 Å². The SMILES string of the molecule is CN=C(NCC1CCN(S(=O)(=O)C(F)(F)F)CC1)NC(C)C(C)C.I. The van der Waals surface area contributed by atoms with E-state index in [0.29, 0.717) is 35.6 Å². The molecule has 0 aromatic carbocycles. The summed E-state index contributed by atoms with van der Waals surface area (Å²) in [6.07, 6.45) is 0.776. The maximum atomic E-state index is 12.5. The van der Waals surface area contributed by atoms with Crippen molar-refractivity contribution in [2.24, 2.45) is 16.8 Å². The zero-order valence-corrected chi connectivity index (χ0v) is 18.1. The van der Waals surface area contributed by atoms with Gasteiger partial charge < -0.3 is 10.6 Å². The van der Waals surface area contributed by atoms with Gasteiger partial charge in [-0.3, -0.25) is 4.99 Å². The minimum Gasteiger partial charge on any atom is -0.356 e. The minimum atomic E-state index is -5.23. The number of piperidine rings is 1. The molecule has 0 aromatic heterocycles. The van der Waals surface area contributed by atoms with Crippen LogP contribution in [0.25, 0.3) is 0 Å². The Kier molecular flexibility index (Phi) is 10.0. The van der Waals surface area contributed by atoms with Crippen molar-refractivity contribution in [3.05, 3.63) is 0 Å². The Labute approximate surface area is 165 Å². The molecule has 1 aliphatic rings. The van der Waals surface area contributed by atoms with Crippen LogP contribution in [0.1, 0.15) is 33.6 Å². The van der Waals surface area contributed by atoms with E-state index in [2.05, 4.69) is 29.5 Å². The predicted octanol–water partition coefficient (Wildman–Crippen LogP) is 2.38. The third-order valence-electron chi connectivity index (χ3n) is 4.35. The van der Waals surface area contributed by atoms with Gasteiger partial charge in [0.2, 0.25) is 0 Å². The first-order valence-electron chi connectivity index (χ1n) is 8.02. The van der Waals surface area contributed by atoms with E-state index < -0.39 is 15.5 Å². The van der Waals surface area contributed by atoms with Crippen molar-refractivity contribution in [3.8, 4) is 0 Å². The monoisotopic (exact) mass is 500 g/mol. The average molecular weight is 500 g/mol. The summed E-state index contributed by atoms with van der Waals surface area (Å²) >= 11 is 0. The van der Waals surface area contributed by atoms with Crippen molar-refractivity contribution in [2.75, 3.05) is 26.7 Å². The van der Waals surface area contributed by atoms with Gasteiger partial charge in [0, 0.05) is 32.7 Å². The molecule has 0 bridgehead atoms. The summed E-state index contributed by atoms with van der Waals surface area (Å²) in [5.41, 5.74) is -5.23. The smallest absolute Gasteiger partial charge is 0.356 e. The topological polar surface area (TPSA) is 73.8 Å². The molecule has 1 unspecified atom stereocenters. The van der Waals surface area contributed by atoms with E-state index >= 15 is 0 Å². The number of aliphatic imine (C=N–C) groups is 1. The quantitative estimate of drug-likeness (QED) is 0.346. The number of hydrogen-bond acceptors (Lipinski definition) is 3. The van der Waals surface area contributed by atoms with E-state index in [-0.39, 0.29) is 49.0 Å². The molecule has 150 valence electrons. The van der Waals surface area contributed by atoms with E-state index in [1.165, 1.54) is 0 Å². The zero-order valence-electron chi connectivity index (χ0n) is 14.9. The summed E-state index contributed by atoms with van der Waals surface area (Å²) in [6.45, 7) is 6.54. The van der Waals surface area contributed by atoms with Crippen LogP contribution < -0.4 is 10.6 Å². The van der Waals surface area contributed by atoms with Crippen LogP contribution in [0.15, 0.2) is 4.99 Å². The Bertz CT molecular complexity index is 533. The summed E-state index contributed by atoms with van der Waals surface area (Å²) in [4.78, 5) is 4.12. The summed E-state index contributed by atoms with van der Waals surface area (Å²) in [5.74, 6) is 1.18. The molecule has 11 heteroatoms. The van der Waals surface area contributed by atoms with Gasteiger partial charge >= 0.3 is 15.5 Å². The lowest BCUT2D eigenvalue weighted by Crippen LogP contribution is -2.48. The zero-order chi connectivity index (χ0) is 18.5. The lowest BCUT2D eigenvalue weighted by Gasteiger charge is -2.32. The largest absolute Gasteiger partial charge is 0.511 e. The third kappa shape index (κ3) is 7.08. The molecule has 1 heterocycles. The normalized spacial score (nSPS) is 19.4. The van der Waals surface area contributed by atoms with Crippen molar-refractivity contribution in [1.82, 2.24) is 14.9 Å². The lowest BCUT2D eigenvalue weighted by molar-refractivity contribution is -0.0496. The van der Waals surface area contributed by atoms with Gasteiger partial charge in [0.25, 0.3) is 0 Å². The second-order valence-corrected chi connectivity index (χ2v) is 8.35. The van der Waals surface area contributed by atoms with E-state index in [1.807, 2.05) is 6.92 Å². The predicted molar refractivity (Wildman–Crippen MR) is 103 cm³/mol. The van der Waals surface area contributed by atoms with Crippen molar-refractivity contribution < 1.29 is 21.6 Å². The van der Waals surface area contributed by atoms with Crippen LogP contribution in [-0.4, -0.2) is 56.9 Å². The van der Waals surface area contributed by atoms with E-state index in [0.717, 1.165) is 0 Å². The van der Waals surface area contributed by atoms with Gasteiger partial charge in [-0.05, 0) is 31.6 Å². The van der Waals surface area contributed by atoms with Crippen LogP contribution >= 0.6 is 24.0 Å². The van der Waals surface area contributed by atoms with Gasteiger partial charge in [-0.1, -0.05) is 13.8 Å². The highest BCUT2D eigenvalue weighted by molar-refractivity contribution is 14.0. The summed E-state index contributed by atoms with van der Waals surface area (Å²) in [7, 11) is -3.55. The molecule has 1 aliphatic heterocycles. The van der Waals surface area contributed by atoms with E-state index in [4.69, 9.17) is 0 Å². The number of rotatable bonds is 5. The Balaban J connectivity index is 0.00000576. The number of halogens is 4. The molecular weight excluding hydrogens is 472 g/mol. The van der Waals surface area contributed by atoms with Crippen molar-refractivity contribution in [1.29, 1.82) is 0 Å². The fourth-order valence-corrected chi connectivity index (χ4v) is 3.30. The first-order chi connectivity index (χ1) is 11.0. The van der Waals surface area contributed by atoms with Crippen LogP contribution in [0, 0.1) is 11.8 Å². The van der Waals surface area contributed by atoms with Gasteiger partial charge in [-0.2, -0.15) is 17.5 Å². The van der Waals surface area contributed by atoms with Gasteiger partial charge in [0.05, 0.1) is 0 Å². The Morgan fingerprint density at radius 3 is 2.16 bits per heavy atom. The fourth-order valence-electron chi connectivity index (χ4n) is 2.32. The van der Waals surface area contributed by atoms with Gasteiger partial charge in [0.1, 0.15) is 0 Å². The first kappa shape index (κ1) is 24.7. The van der Waals surface area contributed by atoms with Crippen molar-refractivity contribution >= 4 is 40.0 Å². The molecule has 0 spiro atoms. The number of sulfonamides is 1. The number of nitrogens with one attached hydrogen (secondary N) is 2. The van der Waals surface area contributed by atoms with Crippen LogP contribution in [0.2, 0.25) is 0 Å². The molecule has 0 aliphatic carbocycles. The molecular formula is C14H28F3IN4O2S. The van der Waals surface area contributed by atoms with Gasteiger partial charge in [-0.15, -0.1) is 24.0 Å². The lowest BCUT2D eigenvalue weighted by atomic mass is 9.98. The third-order valence-corrected chi connectivity index (χ3v) is 5.98. The highest BCUT2D eigenvalue weighted by Gasteiger charge is 2.50. The Hall–Kier alpha value is -0.300. The van der Waals surface area contributed by atoms with Gasteiger partial charge in [0.15, 0.2) is 5.96 Å². The van der Waals surface area contributed by atoms with Crippen LogP contribution in [0.4, 0.5) is 13.2 Å². The highest BCUT2D eigenvalue weighted by Crippen LogP contribution is 2.30. The second-order valence-electron chi connectivity index (χ2n) is 6.42. The molecule has 1 rings (SSSR count). The Morgan fingerprint density at radius 1 is 1.24 bits per heavy atom. The molecule has 25 heavy (non-hydrogen) atoms. The average Bonchev–Trinajstić information content (AvgIpc) is 2.50. The summed E-state index contributed by atoms with van der Waals surface area (Å²) in [6, 6.07) is 0.231. The summed E-state index contributed by atoms with van der Waals surface area (Å²) < 4.78 is 60.9. The molecule has 1 atom stereocenters. The molecule has 0 aromatic rings. The second kappa shape index (κ2) is 10.1. The molecule has 0 amide bonds. The highest BCUT2D eigenvalue weighted by atomic mass is 127. The standard InChI is InChI=1S/C14H27F3N4O2S.HI/c1-10(2)11(3)20-13(18-4)19-9-12-5-7-21(8-6-12)24(22,23)14(15,16)17;/h10-12H,5-9H2,1-4H3,(H2,18,19,20);1H. The van der Waals surface area contributed by atoms with Crippen LogP contribution in [0.3, 0.4) is 0 Å². The minimum absolute atomic E-state index is 0. The number of hydrogen-bond donors (Lipinski definition) is 2. The number of nitrogens with zero attached hydrogens (tertiary/aromatic N) is 2. The van der Waals surface area contributed by atoms with E-state index in [9.17, 15) is 21.6 Å². The Morgan fingerprint density at radius 2 is 1.76 bits per heavy atom. The van der Waals surface area contributed by atoms with Crippen LogP contribution in [-0.2, 0) is 10.0 Å².